The van der Waals surface area contributed by atoms with Crippen LogP contribution in [0.3, 0.4) is 0 Å². The summed E-state index contributed by atoms with van der Waals surface area (Å²) in [6, 6.07) is 5.86. The molecule has 4 nitrogen and oxygen atoms in total. The maximum Gasteiger partial charge on any atom is 0.170 e. The third-order valence-electron chi connectivity index (χ3n) is 4.41. The van der Waals surface area contributed by atoms with Gasteiger partial charge in [0, 0.05) is 23.1 Å². The summed E-state index contributed by atoms with van der Waals surface area (Å²) in [4.78, 5) is 2.43. The van der Waals surface area contributed by atoms with Gasteiger partial charge in [0.1, 0.15) is 0 Å². The Balaban J connectivity index is 2.15. The average Bonchev–Trinajstić information content (AvgIpc) is 2.72. The molecule has 1 aromatic carbocycles. The summed E-state index contributed by atoms with van der Waals surface area (Å²) in [5.74, 6) is 1.72. The number of anilines is 1. The summed E-state index contributed by atoms with van der Waals surface area (Å²) >= 11 is 3.62. The monoisotopic (exact) mass is 353 g/mol. The normalized spacial score (nSPS) is 20.7. The molecule has 5 heteroatoms. The highest BCUT2D eigenvalue weighted by molar-refractivity contribution is 9.10. The van der Waals surface area contributed by atoms with Gasteiger partial charge in [-0.1, -0.05) is 19.0 Å². The molecule has 21 heavy (non-hydrogen) atoms. The van der Waals surface area contributed by atoms with E-state index in [9.17, 15) is 0 Å². The summed E-state index contributed by atoms with van der Waals surface area (Å²) < 4.78 is 0.995. The molecule has 1 heterocycles. The van der Waals surface area contributed by atoms with Gasteiger partial charge in [-0.15, -0.1) is 0 Å². The van der Waals surface area contributed by atoms with Crippen LogP contribution in [-0.2, 0) is 0 Å². The number of oxime groups is 1. The van der Waals surface area contributed by atoms with Crippen LogP contribution < -0.4 is 10.6 Å². The molecule has 1 aliphatic rings. The SMILES string of the molecule is CC(C)C1CCCN(c2ccc(/C(N)=N/O)cc2Br)CC1. The number of nitrogens with two attached hydrogens (primary N) is 1. The fourth-order valence-electron chi connectivity index (χ4n) is 3.01. The average molecular weight is 354 g/mol. The van der Waals surface area contributed by atoms with Crippen LogP contribution in [-0.4, -0.2) is 24.1 Å². The lowest BCUT2D eigenvalue weighted by atomic mass is 9.89. The highest BCUT2D eigenvalue weighted by Crippen LogP contribution is 2.32. The Morgan fingerprint density at radius 2 is 2.14 bits per heavy atom. The van der Waals surface area contributed by atoms with Crippen molar-refractivity contribution in [3.63, 3.8) is 0 Å². The predicted octanol–water partition coefficient (Wildman–Crippen LogP) is 3.81. The van der Waals surface area contributed by atoms with Crippen LogP contribution in [0, 0.1) is 11.8 Å². The quantitative estimate of drug-likeness (QED) is 0.376. The van der Waals surface area contributed by atoms with Crippen LogP contribution in [0.1, 0.15) is 38.7 Å². The zero-order valence-corrected chi connectivity index (χ0v) is 14.3. The van der Waals surface area contributed by atoms with E-state index in [4.69, 9.17) is 10.9 Å². The Hall–Kier alpha value is -1.23. The first-order chi connectivity index (χ1) is 10.0. The first-order valence-electron chi connectivity index (χ1n) is 7.55. The summed E-state index contributed by atoms with van der Waals surface area (Å²) in [5.41, 5.74) is 7.55. The molecule has 0 spiro atoms. The number of rotatable bonds is 3. The van der Waals surface area contributed by atoms with Crippen LogP contribution in [0.2, 0.25) is 0 Å². The van der Waals surface area contributed by atoms with Crippen LogP contribution in [0.5, 0.6) is 0 Å². The third-order valence-corrected chi connectivity index (χ3v) is 5.04. The Bertz CT molecular complexity index is 516. The molecule has 1 atom stereocenters. The molecule has 0 amide bonds. The van der Waals surface area contributed by atoms with Crippen molar-refractivity contribution in [3.05, 3.63) is 28.2 Å². The van der Waals surface area contributed by atoms with Gasteiger partial charge in [0.2, 0.25) is 0 Å². The number of benzene rings is 1. The molecule has 1 fully saturated rings. The van der Waals surface area contributed by atoms with Crippen LogP contribution >= 0.6 is 15.9 Å². The summed E-state index contributed by atoms with van der Waals surface area (Å²) in [6.45, 7) is 6.82. The van der Waals surface area contributed by atoms with Gasteiger partial charge in [0.25, 0.3) is 0 Å². The van der Waals surface area contributed by atoms with E-state index < -0.39 is 0 Å². The highest BCUT2D eigenvalue weighted by Gasteiger charge is 2.20. The highest BCUT2D eigenvalue weighted by atomic mass is 79.9. The smallest absolute Gasteiger partial charge is 0.170 e. The van der Waals surface area contributed by atoms with E-state index in [0.29, 0.717) is 0 Å². The van der Waals surface area contributed by atoms with E-state index in [1.165, 1.54) is 24.9 Å². The largest absolute Gasteiger partial charge is 0.409 e. The lowest BCUT2D eigenvalue weighted by Crippen LogP contribution is -2.25. The van der Waals surface area contributed by atoms with Gasteiger partial charge in [-0.25, -0.2) is 0 Å². The van der Waals surface area contributed by atoms with E-state index in [-0.39, 0.29) is 5.84 Å². The standard InChI is InChI=1S/C16H24BrN3O/c1-11(2)12-4-3-8-20(9-7-12)15-6-5-13(10-14(15)17)16(18)19-21/h5-6,10-12,21H,3-4,7-9H2,1-2H3,(H2,18,19). The molecule has 1 saturated heterocycles. The van der Waals surface area contributed by atoms with Gasteiger partial charge in [0.05, 0.1) is 5.69 Å². The zero-order valence-electron chi connectivity index (χ0n) is 12.7. The lowest BCUT2D eigenvalue weighted by molar-refractivity contribution is 0.318. The molecule has 0 bridgehead atoms. The molecule has 1 unspecified atom stereocenters. The minimum atomic E-state index is 0.137. The molecule has 3 N–H and O–H groups in total. The van der Waals surface area contributed by atoms with Gasteiger partial charge < -0.3 is 15.8 Å². The predicted molar refractivity (Wildman–Crippen MR) is 91.0 cm³/mol. The summed E-state index contributed by atoms with van der Waals surface area (Å²) in [6.07, 6.45) is 3.79. The molecule has 0 aromatic heterocycles. The Labute approximate surface area is 135 Å². The fraction of sp³-hybridized carbons (Fsp3) is 0.562. The third kappa shape index (κ3) is 3.90. The summed E-state index contributed by atoms with van der Waals surface area (Å²) in [5, 5.41) is 11.8. The zero-order chi connectivity index (χ0) is 15.4. The number of hydrogen-bond acceptors (Lipinski definition) is 3. The van der Waals surface area contributed by atoms with Crippen LogP contribution in [0.4, 0.5) is 5.69 Å². The first-order valence-corrected chi connectivity index (χ1v) is 8.34. The second kappa shape index (κ2) is 7.16. The molecule has 1 aliphatic heterocycles. The second-order valence-electron chi connectivity index (χ2n) is 6.07. The van der Waals surface area contributed by atoms with Gasteiger partial charge >= 0.3 is 0 Å². The first kappa shape index (κ1) is 16.1. The Kier molecular flexibility index (Phi) is 5.51. The Morgan fingerprint density at radius 1 is 1.38 bits per heavy atom. The molecule has 0 aliphatic carbocycles. The fourth-order valence-corrected chi connectivity index (χ4v) is 3.64. The van der Waals surface area contributed by atoms with Gasteiger partial charge in [-0.2, -0.15) is 0 Å². The summed E-state index contributed by atoms with van der Waals surface area (Å²) in [7, 11) is 0. The minimum absolute atomic E-state index is 0.137. The molecular formula is C16H24BrN3O. The Morgan fingerprint density at radius 3 is 2.76 bits per heavy atom. The second-order valence-corrected chi connectivity index (χ2v) is 6.93. The van der Waals surface area contributed by atoms with Crippen molar-refractivity contribution in [1.29, 1.82) is 0 Å². The van der Waals surface area contributed by atoms with Crippen molar-refractivity contribution >= 4 is 27.5 Å². The van der Waals surface area contributed by atoms with Gasteiger partial charge in [-0.05, 0) is 65.2 Å². The van der Waals surface area contributed by atoms with Crippen LogP contribution in [0.25, 0.3) is 0 Å². The van der Waals surface area contributed by atoms with Crippen molar-refractivity contribution < 1.29 is 5.21 Å². The van der Waals surface area contributed by atoms with Crippen molar-refractivity contribution in [3.8, 4) is 0 Å². The van der Waals surface area contributed by atoms with E-state index in [1.807, 2.05) is 18.2 Å². The number of amidine groups is 1. The molecule has 0 saturated carbocycles. The molecule has 116 valence electrons. The van der Waals surface area contributed by atoms with Crippen molar-refractivity contribution in [1.82, 2.24) is 0 Å². The van der Waals surface area contributed by atoms with Gasteiger partial charge in [-0.3, -0.25) is 0 Å². The van der Waals surface area contributed by atoms with E-state index in [1.54, 1.807) is 0 Å². The van der Waals surface area contributed by atoms with Crippen molar-refractivity contribution in [2.45, 2.75) is 33.1 Å². The molecule has 2 rings (SSSR count). The number of halogens is 1. The minimum Gasteiger partial charge on any atom is -0.409 e. The number of nitrogens with zero attached hydrogens (tertiary/aromatic N) is 2. The van der Waals surface area contributed by atoms with Crippen LogP contribution in [0.15, 0.2) is 27.8 Å². The molecule has 0 radical (unpaired) electrons. The van der Waals surface area contributed by atoms with Crippen molar-refractivity contribution in [2.75, 3.05) is 18.0 Å². The van der Waals surface area contributed by atoms with E-state index in [2.05, 4.69) is 39.8 Å². The van der Waals surface area contributed by atoms with Crippen molar-refractivity contribution in [2.24, 2.45) is 22.7 Å². The lowest BCUT2D eigenvalue weighted by Gasteiger charge is -2.25. The van der Waals surface area contributed by atoms with E-state index in [0.717, 1.165) is 35.0 Å². The number of hydrogen-bond donors (Lipinski definition) is 2. The van der Waals surface area contributed by atoms with Gasteiger partial charge in [0.15, 0.2) is 5.84 Å². The molecular weight excluding hydrogens is 330 g/mol. The maximum absolute atomic E-state index is 8.75. The molecule has 1 aromatic rings. The maximum atomic E-state index is 8.75. The topological polar surface area (TPSA) is 61.8 Å². The van der Waals surface area contributed by atoms with E-state index >= 15 is 0 Å².